The molecule has 6 heteroatoms. The Labute approximate surface area is 155 Å². The molecule has 2 heterocycles. The van der Waals surface area contributed by atoms with Gasteiger partial charge in [0.05, 0.1) is 12.0 Å². The molecule has 26 heavy (non-hydrogen) atoms. The summed E-state index contributed by atoms with van der Waals surface area (Å²) in [6, 6.07) is 17.5. The Morgan fingerprint density at radius 2 is 1.85 bits per heavy atom. The van der Waals surface area contributed by atoms with Crippen LogP contribution in [0.5, 0.6) is 0 Å². The van der Waals surface area contributed by atoms with Crippen LogP contribution in [-0.2, 0) is 13.2 Å². The van der Waals surface area contributed by atoms with E-state index in [1.54, 1.807) is 0 Å². The average Bonchev–Trinajstić information content (AvgIpc) is 3.11. The maximum absolute atomic E-state index is 9.18. The third-order valence-corrected chi connectivity index (χ3v) is 4.46. The predicted molar refractivity (Wildman–Crippen MR) is 104 cm³/mol. The molecule has 0 aliphatic heterocycles. The zero-order valence-corrected chi connectivity index (χ0v) is 14.7. The monoisotopic (exact) mass is 364 g/mol. The van der Waals surface area contributed by atoms with Crippen molar-refractivity contribution < 1.29 is 5.11 Å². The van der Waals surface area contributed by atoms with Crippen LogP contribution in [0.25, 0.3) is 22.3 Å². The Hall–Kier alpha value is -2.89. The van der Waals surface area contributed by atoms with Gasteiger partial charge in [-0.1, -0.05) is 48.0 Å². The van der Waals surface area contributed by atoms with Crippen LogP contribution in [-0.4, -0.2) is 20.1 Å². The van der Waals surface area contributed by atoms with Crippen LogP contribution in [0.1, 0.15) is 11.1 Å². The van der Waals surface area contributed by atoms with Gasteiger partial charge in [0.1, 0.15) is 17.8 Å². The van der Waals surface area contributed by atoms with Crippen molar-refractivity contribution in [3.8, 4) is 11.3 Å². The van der Waals surface area contributed by atoms with Crippen LogP contribution in [0.2, 0.25) is 5.02 Å². The van der Waals surface area contributed by atoms with Gasteiger partial charge in [0.25, 0.3) is 0 Å². The number of aliphatic hydroxyl groups is 1. The first-order chi connectivity index (χ1) is 12.7. The molecule has 0 saturated heterocycles. The summed E-state index contributed by atoms with van der Waals surface area (Å²) in [5.74, 6) is 0.768. The second-order valence-corrected chi connectivity index (χ2v) is 6.44. The molecular weight excluding hydrogens is 348 g/mol. The van der Waals surface area contributed by atoms with Crippen molar-refractivity contribution in [3.63, 3.8) is 0 Å². The molecular formula is C20H17ClN4O. The number of rotatable bonds is 5. The summed E-state index contributed by atoms with van der Waals surface area (Å²) in [6.45, 7) is 0.661. The molecule has 3 N–H and O–H groups in total. The average molecular weight is 365 g/mol. The Morgan fingerprint density at radius 3 is 2.62 bits per heavy atom. The Balaban J connectivity index is 1.62. The lowest BCUT2D eigenvalue weighted by atomic mass is 10.1. The summed E-state index contributed by atoms with van der Waals surface area (Å²) >= 11 is 6.04. The van der Waals surface area contributed by atoms with Gasteiger partial charge in [0.15, 0.2) is 0 Å². The van der Waals surface area contributed by atoms with Crippen molar-refractivity contribution in [2.24, 2.45) is 0 Å². The molecule has 0 aliphatic rings. The maximum Gasteiger partial charge on any atom is 0.143 e. The van der Waals surface area contributed by atoms with Crippen LogP contribution < -0.4 is 5.32 Å². The topological polar surface area (TPSA) is 73.8 Å². The van der Waals surface area contributed by atoms with E-state index in [0.717, 1.165) is 39.2 Å². The van der Waals surface area contributed by atoms with Gasteiger partial charge in [-0.15, -0.1) is 0 Å². The highest BCUT2D eigenvalue weighted by Crippen LogP contribution is 2.27. The van der Waals surface area contributed by atoms with Gasteiger partial charge in [0, 0.05) is 17.3 Å². The van der Waals surface area contributed by atoms with Crippen molar-refractivity contribution in [2.45, 2.75) is 13.2 Å². The van der Waals surface area contributed by atoms with Gasteiger partial charge in [-0.05, 0) is 34.9 Å². The predicted octanol–water partition coefficient (Wildman–Crippen LogP) is 4.38. The first kappa shape index (κ1) is 16.6. The van der Waals surface area contributed by atoms with E-state index in [1.165, 1.54) is 6.33 Å². The van der Waals surface area contributed by atoms with Crippen LogP contribution in [0.3, 0.4) is 0 Å². The number of H-pyrrole nitrogens is 1. The maximum atomic E-state index is 9.18. The summed E-state index contributed by atoms with van der Waals surface area (Å²) < 4.78 is 0. The van der Waals surface area contributed by atoms with E-state index in [0.29, 0.717) is 11.6 Å². The van der Waals surface area contributed by atoms with Crippen molar-refractivity contribution in [3.05, 3.63) is 77.1 Å². The first-order valence-corrected chi connectivity index (χ1v) is 8.63. The van der Waals surface area contributed by atoms with Gasteiger partial charge in [-0.3, -0.25) is 0 Å². The number of halogens is 1. The van der Waals surface area contributed by atoms with Crippen molar-refractivity contribution in [1.82, 2.24) is 15.0 Å². The van der Waals surface area contributed by atoms with E-state index in [-0.39, 0.29) is 6.61 Å². The molecule has 0 radical (unpaired) electrons. The molecule has 0 fully saturated rings. The standard InChI is InChI=1S/C20H17ClN4O/c21-16-3-1-2-14(8-16)10-22-19-17-9-18(25-20(17)24-12-23-19)15-6-4-13(11-26)5-7-15/h1-9,12,26H,10-11H2,(H2,22,23,24,25). The largest absolute Gasteiger partial charge is 0.392 e. The number of benzene rings is 2. The van der Waals surface area contributed by atoms with Crippen LogP contribution in [0.15, 0.2) is 60.9 Å². The van der Waals surface area contributed by atoms with Gasteiger partial charge < -0.3 is 15.4 Å². The van der Waals surface area contributed by atoms with Gasteiger partial charge in [-0.25, -0.2) is 9.97 Å². The number of aromatic amines is 1. The molecule has 4 rings (SSSR count). The van der Waals surface area contributed by atoms with Crippen LogP contribution in [0.4, 0.5) is 5.82 Å². The van der Waals surface area contributed by atoms with E-state index in [1.807, 2.05) is 54.6 Å². The Kier molecular flexibility index (Phi) is 4.56. The first-order valence-electron chi connectivity index (χ1n) is 8.25. The van der Waals surface area contributed by atoms with Crippen molar-refractivity contribution >= 4 is 28.5 Å². The lowest BCUT2D eigenvalue weighted by Crippen LogP contribution is -2.01. The Bertz CT molecular complexity index is 1040. The molecule has 2 aromatic heterocycles. The van der Waals surface area contributed by atoms with E-state index in [4.69, 9.17) is 11.6 Å². The molecule has 0 aliphatic carbocycles. The van der Waals surface area contributed by atoms with Crippen LogP contribution >= 0.6 is 11.6 Å². The minimum atomic E-state index is 0.0377. The molecule has 4 aromatic rings. The molecule has 0 atom stereocenters. The summed E-state index contributed by atoms with van der Waals surface area (Å²) in [4.78, 5) is 12.0. The zero-order valence-electron chi connectivity index (χ0n) is 13.9. The summed E-state index contributed by atoms with van der Waals surface area (Å²) in [5, 5.41) is 14.2. The van der Waals surface area contributed by atoms with Gasteiger partial charge in [0.2, 0.25) is 0 Å². The molecule has 2 aromatic carbocycles. The van der Waals surface area contributed by atoms with E-state index >= 15 is 0 Å². The second kappa shape index (κ2) is 7.15. The fourth-order valence-corrected chi connectivity index (χ4v) is 3.07. The number of nitrogens with one attached hydrogen (secondary N) is 2. The highest BCUT2D eigenvalue weighted by Gasteiger charge is 2.09. The number of aliphatic hydroxyl groups excluding tert-OH is 1. The number of anilines is 1. The van der Waals surface area contributed by atoms with Crippen molar-refractivity contribution in [1.29, 1.82) is 0 Å². The molecule has 130 valence electrons. The van der Waals surface area contributed by atoms with Gasteiger partial charge in [-0.2, -0.15) is 0 Å². The number of hydrogen-bond donors (Lipinski definition) is 3. The summed E-state index contributed by atoms with van der Waals surface area (Å²) in [6.07, 6.45) is 1.54. The smallest absolute Gasteiger partial charge is 0.143 e. The fraction of sp³-hybridized carbons (Fsp3) is 0.100. The Morgan fingerprint density at radius 1 is 1.00 bits per heavy atom. The number of aromatic nitrogens is 3. The molecule has 5 nitrogen and oxygen atoms in total. The van der Waals surface area contributed by atoms with Crippen molar-refractivity contribution in [2.75, 3.05) is 5.32 Å². The molecule has 0 amide bonds. The molecule has 0 spiro atoms. The number of nitrogens with zero attached hydrogens (tertiary/aromatic N) is 2. The quantitative estimate of drug-likeness (QED) is 0.491. The van der Waals surface area contributed by atoms with E-state index in [9.17, 15) is 5.11 Å². The van der Waals surface area contributed by atoms with Gasteiger partial charge >= 0.3 is 0 Å². The molecule has 0 bridgehead atoms. The second-order valence-electron chi connectivity index (χ2n) is 6.01. The highest BCUT2D eigenvalue weighted by atomic mass is 35.5. The SMILES string of the molecule is OCc1ccc(-c2cc3c(NCc4cccc(Cl)c4)ncnc3[nH]2)cc1. The third-order valence-electron chi connectivity index (χ3n) is 4.22. The van der Waals surface area contributed by atoms with Crippen LogP contribution in [0, 0.1) is 0 Å². The number of fused-ring (bicyclic) bond motifs is 1. The lowest BCUT2D eigenvalue weighted by Gasteiger charge is -2.06. The van der Waals surface area contributed by atoms with E-state index < -0.39 is 0 Å². The minimum absolute atomic E-state index is 0.0377. The highest BCUT2D eigenvalue weighted by molar-refractivity contribution is 6.30. The zero-order chi connectivity index (χ0) is 17.9. The number of hydrogen-bond acceptors (Lipinski definition) is 4. The summed E-state index contributed by atoms with van der Waals surface area (Å²) in [7, 11) is 0. The van der Waals surface area contributed by atoms with E-state index in [2.05, 4.69) is 20.3 Å². The molecule has 0 saturated carbocycles. The molecule has 0 unspecified atom stereocenters. The third kappa shape index (κ3) is 3.40. The summed E-state index contributed by atoms with van der Waals surface area (Å²) in [5.41, 5.74) is 4.72. The fourth-order valence-electron chi connectivity index (χ4n) is 2.86. The lowest BCUT2D eigenvalue weighted by molar-refractivity contribution is 0.282. The normalized spacial score (nSPS) is 11.0. The minimum Gasteiger partial charge on any atom is -0.392 e.